The molecule has 2 aromatic rings. The first-order chi connectivity index (χ1) is 10.6. The second-order valence-electron chi connectivity index (χ2n) is 5.70. The lowest BCUT2D eigenvalue weighted by molar-refractivity contribution is 0.827. The van der Waals surface area contributed by atoms with Crippen LogP contribution in [0.3, 0.4) is 0 Å². The van der Waals surface area contributed by atoms with Crippen LogP contribution in [-0.4, -0.2) is 17.2 Å². The third-order valence-electron chi connectivity index (χ3n) is 3.91. The van der Waals surface area contributed by atoms with Crippen molar-refractivity contribution in [3.63, 3.8) is 0 Å². The highest BCUT2D eigenvalue weighted by molar-refractivity contribution is 6.32. The molecule has 4 heteroatoms. The van der Waals surface area contributed by atoms with Gasteiger partial charge in [-0.3, -0.25) is 4.99 Å². The molecule has 0 aliphatic carbocycles. The molecule has 114 valence electrons. The van der Waals surface area contributed by atoms with Crippen LogP contribution >= 0.6 is 11.6 Å². The number of hydrogen-bond donors (Lipinski definition) is 2. The first kappa shape index (κ1) is 14.9. The number of fused-ring (bicyclic) bond motifs is 1. The van der Waals surface area contributed by atoms with E-state index >= 15 is 0 Å². The molecule has 22 heavy (non-hydrogen) atoms. The molecule has 2 N–H and O–H groups in total. The highest BCUT2D eigenvalue weighted by Crippen LogP contribution is 2.25. The van der Waals surface area contributed by atoms with Gasteiger partial charge in [0.15, 0.2) is 0 Å². The fourth-order valence-corrected chi connectivity index (χ4v) is 2.94. The first-order valence-corrected chi connectivity index (χ1v) is 7.89. The van der Waals surface area contributed by atoms with Gasteiger partial charge in [-0.2, -0.15) is 0 Å². The zero-order chi connectivity index (χ0) is 15.7. The van der Waals surface area contributed by atoms with Crippen molar-refractivity contribution >= 4 is 28.2 Å². The van der Waals surface area contributed by atoms with Gasteiger partial charge in [-0.15, -0.1) is 0 Å². The van der Waals surface area contributed by atoms with Gasteiger partial charge in [-0.1, -0.05) is 25.1 Å². The van der Waals surface area contributed by atoms with E-state index in [4.69, 9.17) is 11.6 Å². The number of aromatic nitrogens is 1. The summed E-state index contributed by atoms with van der Waals surface area (Å²) in [6.45, 7) is 9.72. The maximum absolute atomic E-state index is 6.27. The van der Waals surface area contributed by atoms with Crippen molar-refractivity contribution in [1.29, 1.82) is 0 Å². The summed E-state index contributed by atoms with van der Waals surface area (Å²) in [5.74, 6) is 0. The Morgan fingerprint density at radius 3 is 2.91 bits per heavy atom. The summed E-state index contributed by atoms with van der Waals surface area (Å²) < 4.78 is 0. The second-order valence-corrected chi connectivity index (χ2v) is 6.11. The van der Waals surface area contributed by atoms with Crippen molar-refractivity contribution in [2.24, 2.45) is 4.99 Å². The maximum Gasteiger partial charge on any atom is 0.0803 e. The van der Waals surface area contributed by atoms with Crippen LogP contribution < -0.4 is 5.32 Å². The monoisotopic (exact) mass is 313 g/mol. The number of aliphatic imine (C=N–C) groups is 1. The molecule has 0 spiro atoms. The Bertz CT molecular complexity index is 796. The minimum atomic E-state index is 0.693. The third-order valence-corrected chi connectivity index (χ3v) is 4.26. The molecule has 3 nitrogen and oxygen atoms in total. The number of benzene rings is 1. The highest BCUT2D eigenvalue weighted by Gasteiger charge is 2.09. The van der Waals surface area contributed by atoms with Gasteiger partial charge < -0.3 is 10.3 Å². The van der Waals surface area contributed by atoms with Gasteiger partial charge in [0.05, 0.1) is 24.5 Å². The Hall–Kier alpha value is -2.00. The van der Waals surface area contributed by atoms with Crippen molar-refractivity contribution in [3.05, 3.63) is 58.4 Å². The number of allylic oxidation sites excluding steroid dienone is 1. The Morgan fingerprint density at radius 2 is 2.23 bits per heavy atom. The molecule has 0 saturated carbocycles. The van der Waals surface area contributed by atoms with E-state index in [0.717, 1.165) is 46.0 Å². The lowest BCUT2D eigenvalue weighted by Crippen LogP contribution is -2.17. The van der Waals surface area contributed by atoms with Crippen LogP contribution in [0.25, 0.3) is 10.9 Å². The molecule has 0 bridgehead atoms. The number of aromatic amines is 1. The lowest BCUT2D eigenvalue weighted by Gasteiger charge is -2.06. The standard InChI is InChI=1S/C18H20ClN3/c1-4-13-8-18-14(7-16(13)19)6-15(22-18)10-20-12(3)17-5-11(2)9-21-17/h5-8,20,22H,3-4,9-10H2,1-2H3. The molecule has 0 atom stereocenters. The minimum absolute atomic E-state index is 0.693. The summed E-state index contributed by atoms with van der Waals surface area (Å²) >= 11 is 6.27. The van der Waals surface area contributed by atoms with E-state index in [1.165, 1.54) is 11.1 Å². The van der Waals surface area contributed by atoms with Crippen LogP contribution in [0.15, 0.2) is 47.1 Å². The van der Waals surface area contributed by atoms with E-state index in [-0.39, 0.29) is 0 Å². The molecule has 1 aromatic heterocycles. The normalized spacial score (nSPS) is 14.1. The molecule has 0 saturated heterocycles. The Kier molecular flexibility index (Phi) is 4.08. The minimum Gasteiger partial charge on any atom is -0.378 e. The van der Waals surface area contributed by atoms with Crippen molar-refractivity contribution in [2.75, 3.05) is 6.54 Å². The fraction of sp³-hybridized carbons (Fsp3) is 0.278. The number of aryl methyl sites for hydroxylation is 1. The molecule has 0 fully saturated rings. The number of halogens is 1. The van der Waals surface area contributed by atoms with Crippen molar-refractivity contribution in [3.8, 4) is 0 Å². The summed E-state index contributed by atoms with van der Waals surface area (Å²) in [7, 11) is 0. The molecule has 1 aliphatic rings. The van der Waals surface area contributed by atoms with Crippen LogP contribution in [0.1, 0.15) is 25.1 Å². The number of nitrogens with one attached hydrogen (secondary N) is 2. The van der Waals surface area contributed by atoms with E-state index < -0.39 is 0 Å². The van der Waals surface area contributed by atoms with Crippen molar-refractivity contribution in [1.82, 2.24) is 10.3 Å². The topological polar surface area (TPSA) is 40.2 Å². The molecule has 1 aromatic carbocycles. The second kappa shape index (κ2) is 6.01. The summed E-state index contributed by atoms with van der Waals surface area (Å²) in [5.41, 5.74) is 6.48. The first-order valence-electron chi connectivity index (χ1n) is 7.51. The van der Waals surface area contributed by atoms with Gasteiger partial charge in [0.25, 0.3) is 0 Å². The Balaban J connectivity index is 1.73. The predicted molar refractivity (Wildman–Crippen MR) is 94.7 cm³/mol. The molecule has 0 amide bonds. The van der Waals surface area contributed by atoms with Gasteiger partial charge >= 0.3 is 0 Å². The zero-order valence-corrected chi connectivity index (χ0v) is 13.7. The van der Waals surface area contributed by atoms with E-state index in [2.05, 4.69) is 53.9 Å². The molecule has 0 radical (unpaired) electrons. The molecule has 3 rings (SSSR count). The predicted octanol–water partition coefficient (Wildman–Crippen LogP) is 4.39. The molecular weight excluding hydrogens is 294 g/mol. The number of rotatable bonds is 5. The molecule has 0 unspecified atom stereocenters. The third kappa shape index (κ3) is 2.95. The van der Waals surface area contributed by atoms with Gasteiger partial charge in [0, 0.05) is 21.6 Å². The number of nitrogens with zero attached hydrogens (tertiary/aromatic N) is 1. The SMILES string of the molecule is C=C(NCc1cc2cc(Cl)c(CC)cc2[nH]1)C1=NCC(C)=C1. The van der Waals surface area contributed by atoms with Gasteiger partial charge in [0.1, 0.15) is 0 Å². The van der Waals surface area contributed by atoms with E-state index in [9.17, 15) is 0 Å². The summed E-state index contributed by atoms with van der Waals surface area (Å²) in [6, 6.07) is 6.28. The summed E-state index contributed by atoms with van der Waals surface area (Å²) in [5, 5.41) is 5.30. The quantitative estimate of drug-likeness (QED) is 0.844. The molecule has 2 heterocycles. The van der Waals surface area contributed by atoms with Crippen molar-refractivity contribution in [2.45, 2.75) is 26.8 Å². The van der Waals surface area contributed by atoms with Crippen LogP contribution in [0.4, 0.5) is 0 Å². The number of hydrogen-bond acceptors (Lipinski definition) is 2. The largest absolute Gasteiger partial charge is 0.378 e. The van der Waals surface area contributed by atoms with E-state index in [0.29, 0.717) is 6.54 Å². The van der Waals surface area contributed by atoms with Crippen LogP contribution in [0.5, 0.6) is 0 Å². The molecular formula is C18H20ClN3. The Labute approximate surface area is 135 Å². The summed E-state index contributed by atoms with van der Waals surface area (Å²) in [6.07, 6.45) is 3.01. The van der Waals surface area contributed by atoms with Crippen molar-refractivity contribution < 1.29 is 0 Å². The highest BCUT2D eigenvalue weighted by atomic mass is 35.5. The van der Waals surface area contributed by atoms with E-state index in [1.54, 1.807) is 0 Å². The lowest BCUT2D eigenvalue weighted by atomic mass is 10.1. The molecule has 1 aliphatic heterocycles. The van der Waals surface area contributed by atoms with Gasteiger partial charge in [-0.05, 0) is 48.8 Å². The van der Waals surface area contributed by atoms with Gasteiger partial charge in [0.2, 0.25) is 0 Å². The summed E-state index contributed by atoms with van der Waals surface area (Å²) in [4.78, 5) is 7.88. The van der Waals surface area contributed by atoms with Gasteiger partial charge in [-0.25, -0.2) is 0 Å². The van der Waals surface area contributed by atoms with Crippen LogP contribution in [0, 0.1) is 0 Å². The zero-order valence-electron chi connectivity index (χ0n) is 13.0. The van der Waals surface area contributed by atoms with Crippen LogP contribution in [0.2, 0.25) is 5.02 Å². The maximum atomic E-state index is 6.27. The van der Waals surface area contributed by atoms with E-state index in [1.807, 2.05) is 6.07 Å². The average molecular weight is 314 g/mol. The van der Waals surface area contributed by atoms with Crippen LogP contribution in [-0.2, 0) is 13.0 Å². The average Bonchev–Trinajstić information content (AvgIpc) is 3.09. The smallest absolute Gasteiger partial charge is 0.0803 e. The fourth-order valence-electron chi connectivity index (χ4n) is 2.63. The number of H-pyrrole nitrogens is 1. The Morgan fingerprint density at radius 1 is 1.41 bits per heavy atom.